The molecule has 0 saturated carbocycles. The van der Waals surface area contributed by atoms with Crippen LogP contribution in [0.1, 0.15) is 13.3 Å². The molecule has 0 aliphatic rings. The van der Waals surface area contributed by atoms with Crippen LogP contribution in [-0.4, -0.2) is 15.8 Å². The number of nitro groups is 1. The highest BCUT2D eigenvalue weighted by molar-refractivity contribution is 7.22. The lowest BCUT2D eigenvalue weighted by molar-refractivity contribution is -0.384. The van der Waals surface area contributed by atoms with Gasteiger partial charge in [0.15, 0.2) is 5.13 Å². The van der Waals surface area contributed by atoms with Gasteiger partial charge in [-0.2, -0.15) is 0 Å². The van der Waals surface area contributed by atoms with E-state index >= 15 is 0 Å². The first-order valence-corrected chi connectivity index (χ1v) is 5.76. The molecule has 1 aromatic carbocycles. The van der Waals surface area contributed by atoms with Gasteiger partial charge >= 0.3 is 0 Å². The topological polar surface area (TPSA) is 85.1 Å². The molecule has 1 aromatic heterocycles. The Morgan fingerprint density at radius 1 is 1.59 bits per heavy atom. The van der Waals surface area contributed by atoms with Gasteiger partial charge in [0.2, 0.25) is 5.91 Å². The Kier molecular flexibility index (Phi) is 3.01. The Bertz CT molecular complexity index is 593. The molecule has 17 heavy (non-hydrogen) atoms. The number of anilines is 1. The van der Waals surface area contributed by atoms with Gasteiger partial charge in [-0.3, -0.25) is 14.9 Å². The molecule has 88 valence electrons. The first-order chi connectivity index (χ1) is 8.10. The number of hydrogen-bond acceptors (Lipinski definition) is 5. The maximum Gasteiger partial charge on any atom is 0.271 e. The highest BCUT2D eigenvalue weighted by Crippen LogP contribution is 2.28. The Morgan fingerprint density at radius 3 is 3.00 bits per heavy atom. The molecule has 0 bridgehead atoms. The molecule has 0 unspecified atom stereocenters. The van der Waals surface area contributed by atoms with E-state index in [1.54, 1.807) is 13.0 Å². The maximum absolute atomic E-state index is 11.2. The zero-order valence-corrected chi connectivity index (χ0v) is 9.78. The zero-order chi connectivity index (χ0) is 12.4. The molecule has 1 heterocycles. The number of benzene rings is 1. The van der Waals surface area contributed by atoms with E-state index in [9.17, 15) is 14.9 Å². The summed E-state index contributed by atoms with van der Waals surface area (Å²) in [6.45, 7) is 1.74. The number of nitro benzene ring substituents is 1. The van der Waals surface area contributed by atoms with Gasteiger partial charge in [-0.05, 0) is 6.07 Å². The van der Waals surface area contributed by atoms with Gasteiger partial charge in [0.05, 0.1) is 15.1 Å². The third-order valence-corrected chi connectivity index (χ3v) is 3.10. The van der Waals surface area contributed by atoms with E-state index in [-0.39, 0.29) is 11.6 Å². The zero-order valence-electron chi connectivity index (χ0n) is 8.97. The lowest BCUT2D eigenvalue weighted by Gasteiger charge is -1.95. The summed E-state index contributed by atoms with van der Waals surface area (Å²) in [5.41, 5.74) is 0.520. The number of thiazole rings is 1. The number of nitrogens with zero attached hydrogens (tertiary/aromatic N) is 2. The van der Waals surface area contributed by atoms with E-state index in [0.29, 0.717) is 17.1 Å². The first kappa shape index (κ1) is 11.5. The smallest absolute Gasteiger partial charge is 0.271 e. The maximum atomic E-state index is 11.2. The van der Waals surface area contributed by atoms with Crippen molar-refractivity contribution in [3.05, 3.63) is 28.3 Å². The summed E-state index contributed by atoms with van der Waals surface area (Å²) in [5, 5.41) is 13.7. The van der Waals surface area contributed by atoms with Crippen LogP contribution in [-0.2, 0) is 4.79 Å². The van der Waals surface area contributed by atoms with Gasteiger partial charge in [0.25, 0.3) is 5.69 Å². The molecular formula is C10H9N3O3S. The average Bonchev–Trinajstić information content (AvgIpc) is 2.69. The van der Waals surface area contributed by atoms with E-state index in [1.165, 1.54) is 23.5 Å². The lowest BCUT2D eigenvalue weighted by Crippen LogP contribution is -2.08. The Hall–Kier alpha value is -2.02. The predicted molar refractivity (Wildman–Crippen MR) is 65.2 cm³/mol. The second-order valence-electron chi connectivity index (χ2n) is 3.33. The molecule has 0 radical (unpaired) electrons. The van der Waals surface area contributed by atoms with E-state index in [4.69, 9.17) is 0 Å². The molecule has 2 aromatic rings. The molecule has 0 fully saturated rings. The van der Waals surface area contributed by atoms with Gasteiger partial charge in [-0.25, -0.2) is 4.98 Å². The van der Waals surface area contributed by atoms with Crippen LogP contribution >= 0.6 is 11.3 Å². The van der Waals surface area contributed by atoms with Crippen LogP contribution in [0.4, 0.5) is 10.8 Å². The van der Waals surface area contributed by atoms with E-state index in [2.05, 4.69) is 10.3 Å². The Labute approximate surface area is 100 Å². The number of carbonyl (C=O) groups is 1. The van der Waals surface area contributed by atoms with E-state index in [1.807, 2.05) is 0 Å². The molecule has 1 N–H and O–H groups in total. The standard InChI is InChI=1S/C10H9N3O3S/c1-2-9(14)12-10-11-7-5-6(13(15)16)3-4-8(7)17-10/h3-5H,2H2,1H3,(H,11,12,14). The van der Waals surface area contributed by atoms with Gasteiger partial charge in [0, 0.05) is 18.6 Å². The Morgan fingerprint density at radius 2 is 2.35 bits per heavy atom. The van der Waals surface area contributed by atoms with Gasteiger partial charge < -0.3 is 5.32 Å². The van der Waals surface area contributed by atoms with Crippen LogP contribution in [0.5, 0.6) is 0 Å². The third kappa shape index (κ3) is 2.39. The number of hydrogen-bond donors (Lipinski definition) is 1. The van der Waals surface area contributed by atoms with Crippen LogP contribution in [0.2, 0.25) is 0 Å². The van der Waals surface area contributed by atoms with Crippen molar-refractivity contribution in [1.82, 2.24) is 4.98 Å². The fraction of sp³-hybridized carbons (Fsp3) is 0.200. The van der Waals surface area contributed by atoms with Crippen molar-refractivity contribution in [3.63, 3.8) is 0 Å². The fourth-order valence-electron chi connectivity index (χ4n) is 1.29. The molecule has 2 rings (SSSR count). The van der Waals surface area contributed by atoms with Gasteiger partial charge in [-0.1, -0.05) is 18.3 Å². The number of amides is 1. The molecule has 6 nitrogen and oxygen atoms in total. The van der Waals surface area contributed by atoms with Crippen molar-refractivity contribution in [2.45, 2.75) is 13.3 Å². The molecule has 0 aliphatic heterocycles. The third-order valence-electron chi connectivity index (χ3n) is 2.15. The van der Waals surface area contributed by atoms with Crippen LogP contribution < -0.4 is 5.32 Å². The Balaban J connectivity index is 2.37. The summed E-state index contributed by atoms with van der Waals surface area (Å²) in [6.07, 6.45) is 0.371. The molecule has 0 atom stereocenters. The van der Waals surface area contributed by atoms with Crippen molar-refractivity contribution >= 4 is 38.3 Å². The summed E-state index contributed by atoms with van der Waals surface area (Å²) in [5.74, 6) is -0.126. The number of carbonyl (C=O) groups excluding carboxylic acids is 1. The number of aromatic nitrogens is 1. The highest BCUT2D eigenvalue weighted by Gasteiger charge is 2.11. The fourth-order valence-corrected chi connectivity index (χ4v) is 2.15. The lowest BCUT2D eigenvalue weighted by atomic mass is 10.3. The molecule has 0 saturated heterocycles. The van der Waals surface area contributed by atoms with Crippen LogP contribution in [0.25, 0.3) is 10.2 Å². The molecule has 0 aliphatic carbocycles. The van der Waals surface area contributed by atoms with Gasteiger partial charge in [-0.15, -0.1) is 0 Å². The quantitative estimate of drug-likeness (QED) is 0.671. The summed E-state index contributed by atoms with van der Waals surface area (Å²) < 4.78 is 0.807. The molecule has 1 amide bonds. The summed E-state index contributed by atoms with van der Waals surface area (Å²) in [4.78, 5) is 25.4. The predicted octanol–water partition coefficient (Wildman–Crippen LogP) is 2.55. The second-order valence-corrected chi connectivity index (χ2v) is 4.36. The molecule has 7 heteroatoms. The highest BCUT2D eigenvalue weighted by atomic mass is 32.1. The van der Waals surface area contributed by atoms with Crippen LogP contribution in [0, 0.1) is 10.1 Å². The first-order valence-electron chi connectivity index (χ1n) is 4.95. The molecular weight excluding hydrogens is 242 g/mol. The normalized spacial score (nSPS) is 10.4. The van der Waals surface area contributed by atoms with Gasteiger partial charge in [0.1, 0.15) is 0 Å². The van der Waals surface area contributed by atoms with E-state index < -0.39 is 4.92 Å². The summed E-state index contributed by atoms with van der Waals surface area (Å²) in [7, 11) is 0. The van der Waals surface area contributed by atoms with Crippen molar-refractivity contribution in [2.75, 3.05) is 5.32 Å². The van der Waals surface area contributed by atoms with Crippen molar-refractivity contribution in [2.24, 2.45) is 0 Å². The minimum atomic E-state index is -0.469. The van der Waals surface area contributed by atoms with Crippen molar-refractivity contribution < 1.29 is 9.72 Å². The number of nitrogens with one attached hydrogen (secondary N) is 1. The van der Waals surface area contributed by atoms with Crippen LogP contribution in [0.3, 0.4) is 0 Å². The van der Waals surface area contributed by atoms with E-state index in [0.717, 1.165) is 4.70 Å². The number of fused-ring (bicyclic) bond motifs is 1. The average molecular weight is 251 g/mol. The van der Waals surface area contributed by atoms with Crippen LogP contribution in [0.15, 0.2) is 18.2 Å². The monoisotopic (exact) mass is 251 g/mol. The minimum absolute atomic E-state index is 0.00355. The van der Waals surface area contributed by atoms with Crippen molar-refractivity contribution in [3.8, 4) is 0 Å². The summed E-state index contributed by atoms with van der Waals surface area (Å²) in [6, 6.07) is 4.45. The second kappa shape index (κ2) is 4.46. The van der Waals surface area contributed by atoms with Crippen molar-refractivity contribution in [1.29, 1.82) is 0 Å². The number of non-ortho nitro benzene ring substituents is 1. The SMILES string of the molecule is CCC(=O)Nc1nc2cc([N+](=O)[O-])ccc2s1. The number of rotatable bonds is 3. The minimum Gasteiger partial charge on any atom is -0.302 e. The summed E-state index contributed by atoms with van der Waals surface area (Å²) >= 11 is 1.30. The molecule has 0 spiro atoms. The largest absolute Gasteiger partial charge is 0.302 e.